The minimum absolute atomic E-state index is 0.0434. The molecule has 2 heterocycles. The first-order valence-electron chi connectivity index (χ1n) is 10.6. The van der Waals surface area contributed by atoms with Crippen LogP contribution in [0.2, 0.25) is 0 Å². The van der Waals surface area contributed by atoms with Crippen LogP contribution in [0.1, 0.15) is 31.5 Å². The van der Waals surface area contributed by atoms with Crippen LogP contribution in [0.5, 0.6) is 0 Å². The topological polar surface area (TPSA) is 92.0 Å². The van der Waals surface area contributed by atoms with Crippen molar-refractivity contribution in [3.8, 4) is 0 Å². The maximum absolute atomic E-state index is 14.7. The molecule has 3 amide bonds. The third-order valence-electron chi connectivity index (χ3n) is 5.45. The summed E-state index contributed by atoms with van der Waals surface area (Å²) in [7, 11) is 1.75. The van der Waals surface area contributed by atoms with Gasteiger partial charge in [0.15, 0.2) is 0 Å². The number of rotatable bonds is 6. The normalized spacial score (nSPS) is 16.2. The molecule has 1 aromatic heterocycles. The van der Waals surface area contributed by atoms with Gasteiger partial charge in [-0.25, -0.2) is 14.0 Å². The number of carbonyl (C=O) groups excluding carboxylic acids is 2. The van der Waals surface area contributed by atoms with E-state index in [1.165, 1.54) is 12.3 Å². The average molecular weight is 444 g/mol. The number of pyridine rings is 1. The highest BCUT2D eigenvalue weighted by Crippen LogP contribution is 2.29. The molecule has 1 atom stereocenters. The SMILES string of the molecule is Cc1ccc(N(C(N)=O)c2cc(CN3CC[C@H](N(C)C(=O)OC(C)C)C3)ccc2F)cn1. The molecule has 1 aromatic carbocycles. The lowest BCUT2D eigenvalue weighted by atomic mass is 10.1. The van der Waals surface area contributed by atoms with Crippen molar-refractivity contribution < 1.29 is 18.7 Å². The third-order valence-corrected chi connectivity index (χ3v) is 5.45. The number of likely N-dealkylation sites (tertiary alicyclic amines) is 1. The lowest BCUT2D eigenvalue weighted by molar-refractivity contribution is 0.0730. The highest BCUT2D eigenvalue weighted by atomic mass is 19.1. The van der Waals surface area contributed by atoms with E-state index in [2.05, 4.69) is 9.88 Å². The number of aryl methyl sites for hydroxylation is 1. The summed E-state index contributed by atoms with van der Waals surface area (Å²) in [5.41, 5.74) is 7.65. The minimum Gasteiger partial charge on any atom is -0.447 e. The van der Waals surface area contributed by atoms with Gasteiger partial charge >= 0.3 is 12.1 Å². The molecule has 0 spiro atoms. The van der Waals surface area contributed by atoms with Crippen molar-refractivity contribution in [2.24, 2.45) is 5.73 Å². The molecule has 1 saturated heterocycles. The van der Waals surface area contributed by atoms with Crippen molar-refractivity contribution in [3.05, 3.63) is 53.6 Å². The second kappa shape index (κ2) is 9.95. The van der Waals surface area contributed by atoms with E-state index in [1.807, 2.05) is 20.8 Å². The summed E-state index contributed by atoms with van der Waals surface area (Å²) in [4.78, 5) is 33.4. The molecule has 1 fully saturated rings. The van der Waals surface area contributed by atoms with Gasteiger partial charge in [-0.1, -0.05) is 6.07 Å². The van der Waals surface area contributed by atoms with E-state index in [0.717, 1.165) is 29.1 Å². The summed E-state index contributed by atoms with van der Waals surface area (Å²) in [6, 6.07) is 7.32. The number of likely N-dealkylation sites (N-methyl/N-ethyl adjacent to an activating group) is 1. The lowest BCUT2D eigenvalue weighted by Gasteiger charge is -2.25. The predicted octanol–water partition coefficient (Wildman–Crippen LogP) is 3.80. The first-order chi connectivity index (χ1) is 15.2. The number of hydrogen-bond donors (Lipinski definition) is 1. The van der Waals surface area contributed by atoms with Crippen LogP contribution in [-0.2, 0) is 11.3 Å². The molecule has 1 aliphatic heterocycles. The van der Waals surface area contributed by atoms with E-state index in [1.54, 1.807) is 36.2 Å². The van der Waals surface area contributed by atoms with Crippen molar-refractivity contribution in [1.29, 1.82) is 0 Å². The standard InChI is InChI=1S/C23H30FN5O3/c1-15(2)32-23(31)27(4)19-9-10-28(14-19)13-17-6-8-20(24)21(11-17)29(22(25)30)18-7-5-16(3)26-12-18/h5-8,11-12,15,19H,9-10,13-14H2,1-4H3,(H2,25,30)/t19-/m0/s1. The molecule has 0 bridgehead atoms. The molecule has 0 aliphatic carbocycles. The Bertz CT molecular complexity index is 967. The minimum atomic E-state index is -0.793. The van der Waals surface area contributed by atoms with Gasteiger partial charge in [0.25, 0.3) is 0 Å². The van der Waals surface area contributed by atoms with Crippen LogP contribution in [-0.4, -0.2) is 59.2 Å². The molecular weight excluding hydrogens is 413 g/mol. The summed E-state index contributed by atoms with van der Waals surface area (Å²) in [5, 5.41) is 0. The van der Waals surface area contributed by atoms with Crippen LogP contribution in [0.4, 0.5) is 25.4 Å². The lowest BCUT2D eigenvalue weighted by Crippen LogP contribution is -2.40. The molecule has 3 rings (SSSR count). The molecule has 0 unspecified atom stereocenters. The summed E-state index contributed by atoms with van der Waals surface area (Å²) in [5.74, 6) is -0.552. The van der Waals surface area contributed by atoms with Crippen LogP contribution in [0.15, 0.2) is 36.5 Å². The van der Waals surface area contributed by atoms with Gasteiger partial charge in [0, 0.05) is 38.4 Å². The maximum Gasteiger partial charge on any atom is 0.410 e. The number of ether oxygens (including phenoxy) is 1. The molecule has 32 heavy (non-hydrogen) atoms. The number of urea groups is 1. The molecule has 2 aromatic rings. The van der Waals surface area contributed by atoms with Crippen molar-refractivity contribution in [3.63, 3.8) is 0 Å². The second-order valence-corrected chi connectivity index (χ2v) is 8.34. The van der Waals surface area contributed by atoms with Gasteiger partial charge in [-0.05, 0) is 57.0 Å². The molecular formula is C23H30FN5O3. The van der Waals surface area contributed by atoms with Crippen molar-refractivity contribution >= 4 is 23.5 Å². The van der Waals surface area contributed by atoms with E-state index in [9.17, 15) is 14.0 Å². The Labute approximate surface area is 187 Å². The first kappa shape index (κ1) is 23.5. The average Bonchev–Trinajstić information content (AvgIpc) is 3.19. The molecule has 8 nitrogen and oxygen atoms in total. The number of carbonyl (C=O) groups is 2. The van der Waals surface area contributed by atoms with E-state index in [4.69, 9.17) is 10.5 Å². The highest BCUT2D eigenvalue weighted by Gasteiger charge is 2.30. The van der Waals surface area contributed by atoms with E-state index >= 15 is 0 Å². The second-order valence-electron chi connectivity index (χ2n) is 8.34. The number of aromatic nitrogens is 1. The Morgan fingerprint density at radius 1 is 1.31 bits per heavy atom. The van der Waals surface area contributed by atoms with Crippen molar-refractivity contribution in [2.75, 3.05) is 25.0 Å². The van der Waals surface area contributed by atoms with Gasteiger partial charge in [0.2, 0.25) is 0 Å². The Morgan fingerprint density at radius 3 is 2.69 bits per heavy atom. The Kier molecular flexibility index (Phi) is 7.29. The number of benzene rings is 1. The summed E-state index contributed by atoms with van der Waals surface area (Å²) in [6.07, 6.45) is 1.81. The highest BCUT2D eigenvalue weighted by molar-refractivity contribution is 5.98. The van der Waals surface area contributed by atoms with Crippen molar-refractivity contribution in [2.45, 2.75) is 45.9 Å². The molecule has 2 N–H and O–H groups in total. The van der Waals surface area contributed by atoms with Crippen LogP contribution in [0.3, 0.4) is 0 Å². The zero-order valence-corrected chi connectivity index (χ0v) is 18.9. The molecule has 9 heteroatoms. The number of primary amides is 1. The van der Waals surface area contributed by atoms with Crippen LogP contribution in [0, 0.1) is 12.7 Å². The van der Waals surface area contributed by atoms with Crippen molar-refractivity contribution in [1.82, 2.24) is 14.8 Å². The van der Waals surface area contributed by atoms with Gasteiger partial charge in [0.05, 0.1) is 23.7 Å². The number of nitrogens with zero attached hydrogens (tertiary/aromatic N) is 4. The number of anilines is 2. The number of hydrogen-bond acceptors (Lipinski definition) is 5. The van der Waals surface area contributed by atoms with Crippen LogP contribution >= 0.6 is 0 Å². The number of halogens is 1. The quantitative estimate of drug-likeness (QED) is 0.733. The zero-order valence-electron chi connectivity index (χ0n) is 18.9. The third kappa shape index (κ3) is 5.53. The van der Waals surface area contributed by atoms with E-state index in [-0.39, 0.29) is 23.9 Å². The van der Waals surface area contributed by atoms with E-state index in [0.29, 0.717) is 18.8 Å². The number of amides is 3. The summed E-state index contributed by atoms with van der Waals surface area (Å²) < 4.78 is 20.0. The first-order valence-corrected chi connectivity index (χ1v) is 10.6. The van der Waals surface area contributed by atoms with Crippen LogP contribution < -0.4 is 10.6 Å². The van der Waals surface area contributed by atoms with Gasteiger partial charge in [0.1, 0.15) is 5.82 Å². The van der Waals surface area contributed by atoms with E-state index < -0.39 is 11.8 Å². The van der Waals surface area contributed by atoms with Gasteiger partial charge in [-0.15, -0.1) is 0 Å². The monoisotopic (exact) mass is 443 g/mol. The Hall–Kier alpha value is -3.20. The predicted molar refractivity (Wildman–Crippen MR) is 120 cm³/mol. The summed E-state index contributed by atoms with van der Waals surface area (Å²) in [6.45, 7) is 7.48. The largest absolute Gasteiger partial charge is 0.447 e. The fraction of sp³-hybridized carbons (Fsp3) is 0.435. The van der Waals surface area contributed by atoms with Gasteiger partial charge < -0.3 is 15.4 Å². The molecule has 1 aliphatic rings. The number of nitrogens with two attached hydrogens (primary N) is 1. The van der Waals surface area contributed by atoms with Gasteiger partial charge in [-0.2, -0.15) is 0 Å². The Morgan fingerprint density at radius 2 is 2.06 bits per heavy atom. The zero-order chi connectivity index (χ0) is 23.4. The molecule has 172 valence electrons. The smallest absolute Gasteiger partial charge is 0.410 e. The maximum atomic E-state index is 14.7. The molecule has 0 saturated carbocycles. The molecule has 0 radical (unpaired) electrons. The fourth-order valence-electron chi connectivity index (χ4n) is 3.77. The summed E-state index contributed by atoms with van der Waals surface area (Å²) >= 11 is 0. The fourth-order valence-corrected chi connectivity index (χ4v) is 3.77. The van der Waals surface area contributed by atoms with Crippen LogP contribution in [0.25, 0.3) is 0 Å². The Balaban J connectivity index is 1.74. The van der Waals surface area contributed by atoms with Gasteiger partial charge in [-0.3, -0.25) is 14.8 Å².